The SMILES string of the molecule is CC1CC(N(C)C)CCO1.CCC(OC(=O)C(C)C(OC)C(C)[C@H](CC)OC)[C@](C)(CCC(=O)[C@H](C)CC)N=O.CO[C@]1(C)CCOC(C)[C@@H]1O. The molecule has 0 amide bonds. The number of nitroso groups, excluding NO2 is 1. The molecule has 0 aliphatic carbocycles. The summed E-state index contributed by atoms with van der Waals surface area (Å²) in [6, 6.07) is 0.740. The predicted octanol–water partition coefficient (Wildman–Crippen LogP) is 6.62. The van der Waals surface area contributed by atoms with Gasteiger partial charge in [-0.3, -0.25) is 9.59 Å². The number of Topliss-reactive ketones (excluding diaryl/α,β-unsaturated/α-hetero) is 1. The molecule has 0 spiro atoms. The van der Waals surface area contributed by atoms with Gasteiger partial charge in [0.1, 0.15) is 23.5 Å². The number of nitrogens with zero attached hydrogens (tertiary/aromatic N) is 2. The molecule has 0 aromatic carbocycles. The van der Waals surface area contributed by atoms with Crippen LogP contribution in [0.25, 0.3) is 0 Å². The van der Waals surface area contributed by atoms with E-state index in [1.165, 1.54) is 12.8 Å². The number of esters is 1. The first-order valence-electron chi connectivity index (χ1n) is 19.1. The standard InChI is InChI=1S/C23H43NO6.C8H17NO.C8H16O3/c1-10-15(4)18(25)13-14-23(7,24-27)20(12-3)30-22(26)17(6)21(29-9)16(5)19(11-2)28-8;1-7-6-8(9(2)3)4-5-10-7;1-6-7(9)8(2,10-3)4-5-11-6/h15-17,19-21H,10-14H2,1-9H3;7-8H,4-6H2,1-3H3;6-7,9H,4-5H2,1-3H3/t15-,16?,17?,19+,20?,21?,23+;;6?,7-,8+/m1.0/s1. The van der Waals surface area contributed by atoms with E-state index in [9.17, 15) is 19.6 Å². The Morgan fingerprint density at radius 2 is 1.63 bits per heavy atom. The summed E-state index contributed by atoms with van der Waals surface area (Å²) in [6.45, 7) is 20.6. The number of aliphatic hydroxyl groups is 1. The third-order valence-electron chi connectivity index (χ3n) is 11.2. The lowest BCUT2D eigenvalue weighted by atomic mass is 9.85. The molecule has 0 aromatic heterocycles. The van der Waals surface area contributed by atoms with Gasteiger partial charge in [-0.2, -0.15) is 4.91 Å². The fraction of sp³-hybridized carbons (Fsp3) is 0.949. The number of hydrogen-bond donors (Lipinski definition) is 1. The van der Waals surface area contributed by atoms with Crippen LogP contribution < -0.4 is 0 Å². The van der Waals surface area contributed by atoms with E-state index in [0.29, 0.717) is 19.1 Å². The van der Waals surface area contributed by atoms with Crippen LogP contribution in [0.5, 0.6) is 0 Å². The molecule has 2 saturated heterocycles. The molecule has 12 heteroatoms. The quantitative estimate of drug-likeness (QED) is 0.120. The van der Waals surface area contributed by atoms with Crippen LogP contribution in [0.15, 0.2) is 5.18 Å². The first-order chi connectivity index (χ1) is 23.9. The van der Waals surface area contributed by atoms with Crippen LogP contribution in [0, 0.1) is 22.7 Å². The minimum Gasteiger partial charge on any atom is -0.459 e. The Morgan fingerprint density at radius 1 is 1.00 bits per heavy atom. The van der Waals surface area contributed by atoms with E-state index < -0.39 is 35.2 Å². The predicted molar refractivity (Wildman–Crippen MR) is 202 cm³/mol. The molecule has 0 saturated carbocycles. The summed E-state index contributed by atoms with van der Waals surface area (Å²) in [7, 11) is 9.13. The highest BCUT2D eigenvalue weighted by atomic mass is 16.6. The normalized spacial score (nSPS) is 28.3. The molecular formula is C39H76N2O10. The summed E-state index contributed by atoms with van der Waals surface area (Å²) in [5, 5.41) is 12.9. The maximum absolute atomic E-state index is 12.9. The molecule has 0 radical (unpaired) electrons. The molecule has 12 atom stereocenters. The molecule has 51 heavy (non-hydrogen) atoms. The fourth-order valence-corrected chi connectivity index (χ4v) is 6.84. The van der Waals surface area contributed by atoms with Crippen molar-refractivity contribution in [3.05, 3.63) is 4.91 Å². The van der Waals surface area contributed by atoms with E-state index in [1.807, 2.05) is 48.5 Å². The van der Waals surface area contributed by atoms with Gasteiger partial charge < -0.3 is 38.4 Å². The van der Waals surface area contributed by atoms with Crippen LogP contribution in [0.2, 0.25) is 0 Å². The van der Waals surface area contributed by atoms with Gasteiger partial charge in [0, 0.05) is 65.3 Å². The smallest absolute Gasteiger partial charge is 0.311 e. The Morgan fingerprint density at radius 3 is 2.04 bits per heavy atom. The first kappa shape index (κ1) is 49.5. The van der Waals surface area contributed by atoms with Crippen LogP contribution in [0.3, 0.4) is 0 Å². The molecule has 2 aliphatic rings. The zero-order valence-corrected chi connectivity index (χ0v) is 34.9. The largest absolute Gasteiger partial charge is 0.459 e. The van der Waals surface area contributed by atoms with Gasteiger partial charge in [-0.1, -0.05) is 39.8 Å². The second-order valence-corrected chi connectivity index (χ2v) is 15.2. The molecule has 0 aromatic rings. The van der Waals surface area contributed by atoms with Gasteiger partial charge in [0.2, 0.25) is 0 Å². The number of carbonyl (C=O) groups is 2. The third kappa shape index (κ3) is 15.8. The second-order valence-electron chi connectivity index (χ2n) is 15.2. The lowest BCUT2D eigenvalue weighted by Gasteiger charge is -2.40. The lowest BCUT2D eigenvalue weighted by molar-refractivity contribution is -0.188. The highest BCUT2D eigenvalue weighted by molar-refractivity contribution is 5.80. The van der Waals surface area contributed by atoms with Crippen molar-refractivity contribution in [2.45, 2.75) is 174 Å². The van der Waals surface area contributed by atoms with Gasteiger partial charge in [-0.15, -0.1) is 0 Å². The molecule has 1 N–H and O–H groups in total. The van der Waals surface area contributed by atoms with E-state index in [0.717, 1.165) is 31.9 Å². The Balaban J connectivity index is 0.000000950. The number of ether oxygens (including phenoxy) is 6. The van der Waals surface area contributed by atoms with Crippen LogP contribution in [0.4, 0.5) is 0 Å². The van der Waals surface area contributed by atoms with E-state index in [1.54, 1.807) is 35.2 Å². The molecule has 0 bridgehead atoms. The summed E-state index contributed by atoms with van der Waals surface area (Å²) in [5.41, 5.74) is -1.57. The molecule has 2 fully saturated rings. The average Bonchev–Trinajstić information content (AvgIpc) is 3.12. The van der Waals surface area contributed by atoms with Crippen molar-refractivity contribution in [1.82, 2.24) is 4.90 Å². The second kappa shape index (κ2) is 24.7. The number of hydrogen-bond acceptors (Lipinski definition) is 12. The molecule has 2 heterocycles. The fourth-order valence-electron chi connectivity index (χ4n) is 6.84. The van der Waals surface area contributed by atoms with Gasteiger partial charge in [0.15, 0.2) is 0 Å². The van der Waals surface area contributed by atoms with E-state index in [2.05, 4.69) is 31.1 Å². The Labute approximate surface area is 310 Å². The number of rotatable bonds is 18. The monoisotopic (exact) mass is 733 g/mol. The van der Waals surface area contributed by atoms with Crippen LogP contribution in [0.1, 0.15) is 121 Å². The molecule has 7 unspecified atom stereocenters. The third-order valence-corrected chi connectivity index (χ3v) is 11.2. The summed E-state index contributed by atoms with van der Waals surface area (Å²) in [6.07, 6.45) is 4.32. The first-order valence-corrected chi connectivity index (χ1v) is 19.1. The maximum Gasteiger partial charge on any atom is 0.311 e. The molecular weight excluding hydrogens is 656 g/mol. The summed E-state index contributed by atoms with van der Waals surface area (Å²) >= 11 is 0. The average molecular weight is 733 g/mol. The van der Waals surface area contributed by atoms with Gasteiger partial charge in [-0.05, 0) is 87.2 Å². The minimum absolute atomic E-state index is 0.0173. The van der Waals surface area contributed by atoms with Crippen molar-refractivity contribution in [3.8, 4) is 0 Å². The van der Waals surface area contributed by atoms with Crippen molar-refractivity contribution < 1.29 is 43.1 Å². The van der Waals surface area contributed by atoms with E-state index in [4.69, 9.17) is 28.4 Å². The van der Waals surface area contributed by atoms with E-state index in [-0.39, 0.29) is 48.8 Å². The van der Waals surface area contributed by atoms with Crippen LogP contribution >= 0.6 is 0 Å². The number of carbonyl (C=O) groups excluding carboxylic acids is 2. The topological polar surface area (TPSA) is 142 Å². The minimum atomic E-state index is -1.15. The van der Waals surface area contributed by atoms with Crippen LogP contribution in [-0.2, 0) is 38.0 Å². The van der Waals surface area contributed by atoms with Crippen molar-refractivity contribution >= 4 is 11.8 Å². The molecule has 2 aliphatic heterocycles. The van der Waals surface area contributed by atoms with Crippen LogP contribution in [-0.4, -0.2) is 124 Å². The zero-order chi connectivity index (χ0) is 39.5. The maximum atomic E-state index is 12.9. The van der Waals surface area contributed by atoms with Crippen molar-refractivity contribution in [2.75, 3.05) is 48.6 Å². The highest BCUT2D eigenvalue weighted by Crippen LogP contribution is 2.31. The van der Waals surface area contributed by atoms with Crippen molar-refractivity contribution in [3.63, 3.8) is 0 Å². The Kier molecular flexibility index (Phi) is 24.0. The molecule has 2 rings (SSSR count). The summed E-state index contributed by atoms with van der Waals surface area (Å²) in [4.78, 5) is 39.1. The van der Waals surface area contributed by atoms with Gasteiger partial charge in [-0.25, -0.2) is 0 Å². The van der Waals surface area contributed by atoms with Crippen molar-refractivity contribution in [1.29, 1.82) is 0 Å². The highest BCUT2D eigenvalue weighted by Gasteiger charge is 2.42. The van der Waals surface area contributed by atoms with Gasteiger partial charge in [0.25, 0.3) is 0 Å². The zero-order valence-electron chi connectivity index (χ0n) is 34.9. The molecule has 12 nitrogen and oxygen atoms in total. The van der Waals surface area contributed by atoms with Gasteiger partial charge >= 0.3 is 5.97 Å². The Hall–Kier alpha value is -1.54. The lowest BCUT2D eigenvalue weighted by Crippen LogP contribution is -2.52. The van der Waals surface area contributed by atoms with Gasteiger partial charge in [0.05, 0.1) is 35.9 Å². The number of aliphatic hydroxyl groups excluding tert-OH is 1. The number of methoxy groups -OCH3 is 3. The van der Waals surface area contributed by atoms with Crippen molar-refractivity contribution in [2.24, 2.45) is 22.9 Å². The number of ketones is 1. The van der Waals surface area contributed by atoms with E-state index >= 15 is 0 Å². The summed E-state index contributed by atoms with van der Waals surface area (Å²) < 4.78 is 32.8. The Bertz CT molecular complexity index is 982. The summed E-state index contributed by atoms with van der Waals surface area (Å²) in [5.74, 6) is -0.952. The molecule has 302 valence electrons.